The number of rotatable bonds is 6. The highest BCUT2D eigenvalue weighted by molar-refractivity contribution is 9.10. The van der Waals surface area contributed by atoms with Crippen molar-refractivity contribution in [3.8, 4) is 0 Å². The normalized spacial score (nSPS) is 10.6. The van der Waals surface area contributed by atoms with Crippen molar-refractivity contribution in [1.29, 1.82) is 0 Å². The Labute approximate surface area is 128 Å². The molecule has 0 aliphatic rings. The molecule has 0 heterocycles. The molecule has 1 nitrogen and oxygen atoms in total. The maximum absolute atomic E-state index is 13.2. The SMILES string of the molecule is CCCCN(Cc1ccc(F)cc1Br)c1ccccc1. The lowest BCUT2D eigenvalue weighted by atomic mass is 10.1. The first-order valence-corrected chi connectivity index (χ1v) is 7.74. The molecule has 0 saturated carbocycles. The first-order chi connectivity index (χ1) is 9.70. The van der Waals surface area contributed by atoms with Crippen molar-refractivity contribution in [2.45, 2.75) is 26.3 Å². The number of para-hydroxylation sites is 1. The second-order valence-electron chi connectivity index (χ2n) is 4.85. The fourth-order valence-corrected chi connectivity index (χ4v) is 2.62. The van der Waals surface area contributed by atoms with Crippen LogP contribution in [0.3, 0.4) is 0 Å². The lowest BCUT2D eigenvalue weighted by molar-refractivity contribution is 0.625. The van der Waals surface area contributed by atoms with E-state index >= 15 is 0 Å². The van der Waals surface area contributed by atoms with E-state index in [9.17, 15) is 4.39 Å². The van der Waals surface area contributed by atoms with Crippen molar-refractivity contribution < 1.29 is 4.39 Å². The van der Waals surface area contributed by atoms with Gasteiger partial charge in [0.1, 0.15) is 5.82 Å². The third-order valence-electron chi connectivity index (χ3n) is 3.28. The van der Waals surface area contributed by atoms with Gasteiger partial charge in [-0.05, 0) is 36.2 Å². The van der Waals surface area contributed by atoms with E-state index in [2.05, 4.69) is 39.9 Å². The molecule has 2 rings (SSSR count). The average molecular weight is 336 g/mol. The Morgan fingerprint density at radius 2 is 1.85 bits per heavy atom. The monoisotopic (exact) mass is 335 g/mol. The Kier molecular flexibility index (Phi) is 5.60. The number of halogens is 2. The molecule has 0 atom stereocenters. The van der Waals surface area contributed by atoms with Crippen LogP contribution in [0.1, 0.15) is 25.3 Å². The van der Waals surface area contributed by atoms with Gasteiger partial charge in [0.25, 0.3) is 0 Å². The van der Waals surface area contributed by atoms with Gasteiger partial charge in [-0.25, -0.2) is 4.39 Å². The molecular formula is C17H19BrFN. The van der Waals surface area contributed by atoms with Crippen LogP contribution in [0, 0.1) is 5.82 Å². The number of anilines is 1. The maximum Gasteiger partial charge on any atom is 0.124 e. The minimum absolute atomic E-state index is 0.208. The van der Waals surface area contributed by atoms with Crippen LogP contribution in [0.5, 0.6) is 0 Å². The van der Waals surface area contributed by atoms with E-state index < -0.39 is 0 Å². The maximum atomic E-state index is 13.2. The van der Waals surface area contributed by atoms with Crippen molar-refractivity contribution in [3.63, 3.8) is 0 Å². The first kappa shape index (κ1) is 15.0. The van der Waals surface area contributed by atoms with E-state index in [1.54, 1.807) is 0 Å². The molecular weight excluding hydrogens is 317 g/mol. The highest BCUT2D eigenvalue weighted by Crippen LogP contribution is 2.23. The van der Waals surface area contributed by atoms with Crippen LogP contribution in [0.15, 0.2) is 53.0 Å². The third-order valence-corrected chi connectivity index (χ3v) is 4.02. The van der Waals surface area contributed by atoms with Crippen molar-refractivity contribution >= 4 is 21.6 Å². The summed E-state index contributed by atoms with van der Waals surface area (Å²) in [4.78, 5) is 2.33. The first-order valence-electron chi connectivity index (χ1n) is 6.94. The van der Waals surface area contributed by atoms with E-state index in [0.717, 1.165) is 36.0 Å². The van der Waals surface area contributed by atoms with Crippen molar-refractivity contribution in [1.82, 2.24) is 0 Å². The Morgan fingerprint density at radius 1 is 1.10 bits per heavy atom. The molecule has 20 heavy (non-hydrogen) atoms. The van der Waals surface area contributed by atoms with E-state index in [1.165, 1.54) is 17.8 Å². The van der Waals surface area contributed by atoms with Gasteiger partial charge in [-0.1, -0.05) is 53.5 Å². The molecule has 0 radical (unpaired) electrons. The molecule has 2 aromatic carbocycles. The Hall–Kier alpha value is -1.35. The van der Waals surface area contributed by atoms with Gasteiger partial charge in [0.05, 0.1) is 0 Å². The number of hydrogen-bond donors (Lipinski definition) is 0. The third kappa shape index (κ3) is 4.07. The summed E-state index contributed by atoms with van der Waals surface area (Å²) >= 11 is 3.45. The molecule has 0 unspecified atom stereocenters. The second-order valence-corrected chi connectivity index (χ2v) is 5.70. The zero-order valence-corrected chi connectivity index (χ0v) is 13.2. The summed E-state index contributed by atoms with van der Waals surface area (Å²) < 4.78 is 14.0. The fourth-order valence-electron chi connectivity index (χ4n) is 2.14. The number of unbranched alkanes of at least 4 members (excludes halogenated alkanes) is 1. The van der Waals surface area contributed by atoms with E-state index in [0.29, 0.717) is 0 Å². The van der Waals surface area contributed by atoms with Gasteiger partial charge in [0, 0.05) is 23.2 Å². The van der Waals surface area contributed by atoms with Gasteiger partial charge >= 0.3 is 0 Å². The van der Waals surface area contributed by atoms with Gasteiger partial charge in [-0.2, -0.15) is 0 Å². The largest absolute Gasteiger partial charge is 0.367 e. The summed E-state index contributed by atoms with van der Waals surface area (Å²) in [7, 11) is 0. The van der Waals surface area contributed by atoms with Crippen LogP contribution < -0.4 is 4.90 Å². The van der Waals surface area contributed by atoms with Crippen molar-refractivity contribution in [2.24, 2.45) is 0 Å². The fraction of sp³-hybridized carbons (Fsp3) is 0.294. The molecule has 106 valence electrons. The minimum atomic E-state index is -0.208. The van der Waals surface area contributed by atoms with Crippen LogP contribution in [0.25, 0.3) is 0 Å². The molecule has 0 amide bonds. The van der Waals surface area contributed by atoms with Crippen LogP contribution >= 0.6 is 15.9 Å². The lowest BCUT2D eigenvalue weighted by Crippen LogP contribution is -2.24. The molecule has 2 aromatic rings. The van der Waals surface area contributed by atoms with Crippen molar-refractivity contribution in [2.75, 3.05) is 11.4 Å². The number of benzene rings is 2. The lowest BCUT2D eigenvalue weighted by Gasteiger charge is -2.25. The summed E-state index contributed by atoms with van der Waals surface area (Å²) in [5.41, 5.74) is 2.31. The van der Waals surface area contributed by atoms with E-state index in [1.807, 2.05) is 24.3 Å². The zero-order chi connectivity index (χ0) is 14.4. The molecule has 0 aromatic heterocycles. The van der Waals surface area contributed by atoms with Crippen LogP contribution in [-0.4, -0.2) is 6.54 Å². The van der Waals surface area contributed by atoms with E-state index in [-0.39, 0.29) is 5.82 Å². The quantitative estimate of drug-likeness (QED) is 0.683. The highest BCUT2D eigenvalue weighted by atomic mass is 79.9. The highest BCUT2D eigenvalue weighted by Gasteiger charge is 2.09. The van der Waals surface area contributed by atoms with Crippen LogP contribution in [0.4, 0.5) is 10.1 Å². The minimum Gasteiger partial charge on any atom is -0.367 e. The van der Waals surface area contributed by atoms with Crippen LogP contribution in [0.2, 0.25) is 0 Å². The Balaban J connectivity index is 2.19. The van der Waals surface area contributed by atoms with Gasteiger partial charge in [-0.15, -0.1) is 0 Å². The zero-order valence-electron chi connectivity index (χ0n) is 11.7. The average Bonchev–Trinajstić information content (AvgIpc) is 2.46. The second kappa shape index (κ2) is 7.44. The van der Waals surface area contributed by atoms with E-state index in [4.69, 9.17) is 0 Å². The molecule has 0 fully saturated rings. The van der Waals surface area contributed by atoms with Crippen LogP contribution in [-0.2, 0) is 6.54 Å². The molecule has 0 saturated heterocycles. The topological polar surface area (TPSA) is 3.24 Å². The predicted octanol–water partition coefficient (Wildman–Crippen LogP) is 5.39. The van der Waals surface area contributed by atoms with Gasteiger partial charge in [0.2, 0.25) is 0 Å². The summed E-state index contributed by atoms with van der Waals surface area (Å²) in [5.74, 6) is -0.208. The molecule has 3 heteroatoms. The predicted molar refractivity (Wildman–Crippen MR) is 86.5 cm³/mol. The molecule has 0 aliphatic carbocycles. The van der Waals surface area contributed by atoms with Gasteiger partial charge in [-0.3, -0.25) is 0 Å². The van der Waals surface area contributed by atoms with Crippen molar-refractivity contribution in [3.05, 3.63) is 64.4 Å². The summed E-state index contributed by atoms with van der Waals surface area (Å²) in [6.07, 6.45) is 2.31. The number of hydrogen-bond acceptors (Lipinski definition) is 1. The molecule has 0 bridgehead atoms. The molecule has 0 N–H and O–H groups in total. The smallest absolute Gasteiger partial charge is 0.124 e. The molecule has 0 spiro atoms. The van der Waals surface area contributed by atoms with Gasteiger partial charge in [0.15, 0.2) is 0 Å². The summed E-state index contributed by atoms with van der Waals surface area (Å²) in [6.45, 7) is 3.98. The van der Waals surface area contributed by atoms with Gasteiger partial charge < -0.3 is 4.90 Å². The standard InChI is InChI=1S/C17H19BrFN/c1-2-3-11-20(16-7-5-4-6-8-16)13-14-9-10-15(19)12-17(14)18/h4-10,12H,2-3,11,13H2,1H3. The summed E-state index contributed by atoms with van der Waals surface area (Å²) in [5, 5.41) is 0. The number of nitrogens with zero attached hydrogens (tertiary/aromatic N) is 1. The summed E-state index contributed by atoms with van der Waals surface area (Å²) in [6, 6.07) is 15.3. The Bertz CT molecular complexity index is 542. The Morgan fingerprint density at radius 3 is 2.50 bits per heavy atom. The molecule has 0 aliphatic heterocycles.